The van der Waals surface area contributed by atoms with Gasteiger partial charge in [0.25, 0.3) is 11.8 Å². The highest BCUT2D eigenvalue weighted by Crippen LogP contribution is 2.23. The van der Waals surface area contributed by atoms with Gasteiger partial charge >= 0.3 is 12.1 Å². The minimum Gasteiger partial charge on any atom is -0.494 e. The van der Waals surface area contributed by atoms with E-state index in [9.17, 15) is 24.3 Å². The van der Waals surface area contributed by atoms with Crippen LogP contribution in [-0.2, 0) is 27.4 Å². The second kappa shape index (κ2) is 12.2. The lowest BCUT2D eigenvalue weighted by Crippen LogP contribution is -2.53. The monoisotopic (exact) mass is 532 g/mol. The Morgan fingerprint density at radius 1 is 0.846 bits per heavy atom. The summed E-state index contributed by atoms with van der Waals surface area (Å²) in [6.07, 6.45) is -0.384. The van der Waals surface area contributed by atoms with Crippen molar-refractivity contribution in [1.82, 2.24) is 10.4 Å². The molecule has 0 saturated heterocycles. The fourth-order valence-electron chi connectivity index (χ4n) is 3.96. The summed E-state index contributed by atoms with van der Waals surface area (Å²) in [7, 11) is 0. The Kier molecular flexibility index (Phi) is 8.57. The van der Waals surface area contributed by atoms with E-state index in [2.05, 4.69) is 5.32 Å². The molecule has 1 aliphatic rings. The van der Waals surface area contributed by atoms with Gasteiger partial charge in [-0.1, -0.05) is 54.6 Å². The van der Waals surface area contributed by atoms with Crippen molar-refractivity contribution in [1.29, 1.82) is 0 Å². The number of carbonyl (C=O) groups excluding carboxylic acids is 3. The van der Waals surface area contributed by atoms with Crippen molar-refractivity contribution in [2.75, 3.05) is 13.2 Å². The average Bonchev–Trinajstić information content (AvgIpc) is 3.18. The van der Waals surface area contributed by atoms with Gasteiger partial charge in [0.2, 0.25) is 0 Å². The van der Waals surface area contributed by atoms with Gasteiger partial charge in [-0.3, -0.25) is 14.4 Å². The maximum absolute atomic E-state index is 12.3. The van der Waals surface area contributed by atoms with E-state index in [1.165, 1.54) is 6.92 Å². The van der Waals surface area contributed by atoms with Gasteiger partial charge in [0.05, 0.1) is 24.3 Å². The number of nitrogens with zero attached hydrogens (tertiary/aromatic N) is 1. The van der Waals surface area contributed by atoms with Crippen LogP contribution in [-0.4, -0.2) is 52.8 Å². The van der Waals surface area contributed by atoms with Crippen molar-refractivity contribution in [3.63, 3.8) is 0 Å². The van der Waals surface area contributed by atoms with E-state index < -0.39 is 29.4 Å². The van der Waals surface area contributed by atoms with Crippen LogP contribution >= 0.6 is 0 Å². The van der Waals surface area contributed by atoms with Crippen LogP contribution in [0, 0.1) is 0 Å². The SMILES string of the molecule is C[C@@](Cc1ccc(OCCCON2C(=O)c3ccccc3C2=O)cc1)(NC(=O)OCc1ccccc1)C(=O)O. The molecule has 0 unspecified atom stereocenters. The molecule has 10 heteroatoms. The van der Waals surface area contributed by atoms with E-state index in [0.29, 0.717) is 28.9 Å². The number of carbonyl (C=O) groups is 4. The third kappa shape index (κ3) is 6.79. The first-order valence-corrected chi connectivity index (χ1v) is 12.3. The number of aliphatic carboxylic acids is 1. The predicted molar refractivity (Wildman–Crippen MR) is 139 cm³/mol. The quantitative estimate of drug-likeness (QED) is 0.264. The van der Waals surface area contributed by atoms with E-state index in [-0.39, 0.29) is 26.2 Å². The third-order valence-electron chi connectivity index (χ3n) is 6.08. The normalized spacial score (nSPS) is 13.9. The molecular formula is C29H28N2O8. The predicted octanol–water partition coefficient (Wildman–Crippen LogP) is 4.00. The van der Waals surface area contributed by atoms with Crippen LogP contribution in [0.1, 0.15) is 45.2 Å². The number of hydrogen-bond donors (Lipinski definition) is 2. The second-order valence-corrected chi connectivity index (χ2v) is 9.13. The number of imide groups is 1. The van der Waals surface area contributed by atoms with Gasteiger partial charge in [-0.2, -0.15) is 0 Å². The van der Waals surface area contributed by atoms with Gasteiger partial charge in [-0.25, -0.2) is 9.59 Å². The van der Waals surface area contributed by atoms with Crippen LogP contribution < -0.4 is 10.1 Å². The first-order chi connectivity index (χ1) is 18.8. The molecule has 3 aromatic rings. The number of carboxylic acid groups (broad SMARTS) is 1. The van der Waals surface area contributed by atoms with Crippen molar-refractivity contribution >= 4 is 23.9 Å². The lowest BCUT2D eigenvalue weighted by molar-refractivity contribution is -0.143. The van der Waals surface area contributed by atoms with E-state index in [1.54, 1.807) is 60.7 Å². The molecule has 0 saturated carbocycles. The Labute approximate surface area is 225 Å². The Morgan fingerprint density at radius 2 is 1.46 bits per heavy atom. The Morgan fingerprint density at radius 3 is 2.08 bits per heavy atom. The van der Waals surface area contributed by atoms with E-state index in [4.69, 9.17) is 14.3 Å². The zero-order valence-electron chi connectivity index (χ0n) is 21.3. The largest absolute Gasteiger partial charge is 0.494 e. The van der Waals surface area contributed by atoms with Gasteiger partial charge < -0.3 is 19.9 Å². The number of carboxylic acids is 1. The molecule has 0 bridgehead atoms. The summed E-state index contributed by atoms with van der Waals surface area (Å²) in [5, 5.41) is 13.0. The maximum atomic E-state index is 12.3. The smallest absolute Gasteiger partial charge is 0.408 e. The molecule has 0 aliphatic carbocycles. The molecule has 39 heavy (non-hydrogen) atoms. The van der Waals surface area contributed by atoms with Crippen LogP contribution in [0.25, 0.3) is 0 Å². The Hall–Kier alpha value is -4.70. The number of amides is 3. The van der Waals surface area contributed by atoms with Gasteiger partial charge in [0.1, 0.15) is 17.9 Å². The molecule has 0 aromatic heterocycles. The molecular weight excluding hydrogens is 504 g/mol. The van der Waals surface area contributed by atoms with Gasteiger partial charge in [-0.15, -0.1) is 5.06 Å². The molecule has 0 radical (unpaired) electrons. The van der Waals surface area contributed by atoms with Crippen LogP contribution in [0.3, 0.4) is 0 Å². The number of hydrogen-bond acceptors (Lipinski definition) is 7. The minimum absolute atomic E-state index is 0.0250. The number of benzene rings is 3. The molecule has 1 heterocycles. The maximum Gasteiger partial charge on any atom is 0.408 e. The topological polar surface area (TPSA) is 131 Å². The van der Waals surface area contributed by atoms with Crippen molar-refractivity contribution in [3.05, 3.63) is 101 Å². The Balaban J connectivity index is 1.21. The fraction of sp³-hybridized carbons (Fsp3) is 0.241. The van der Waals surface area contributed by atoms with Crippen molar-refractivity contribution < 1.29 is 38.6 Å². The highest BCUT2D eigenvalue weighted by Gasteiger charge is 2.37. The Bertz CT molecular complexity index is 1310. The molecule has 3 aromatic carbocycles. The molecule has 2 N–H and O–H groups in total. The van der Waals surface area contributed by atoms with E-state index in [0.717, 1.165) is 10.6 Å². The summed E-state index contributed by atoms with van der Waals surface area (Å²) in [6, 6.07) is 22.4. The third-order valence-corrected chi connectivity index (χ3v) is 6.08. The van der Waals surface area contributed by atoms with E-state index >= 15 is 0 Å². The number of ether oxygens (including phenoxy) is 2. The average molecular weight is 533 g/mol. The molecule has 1 aliphatic heterocycles. The molecule has 4 rings (SSSR count). The molecule has 0 spiro atoms. The minimum atomic E-state index is -1.59. The van der Waals surface area contributed by atoms with Crippen LogP contribution in [0.2, 0.25) is 0 Å². The number of alkyl carbamates (subject to hydrolysis) is 1. The lowest BCUT2D eigenvalue weighted by atomic mass is 9.93. The first kappa shape index (κ1) is 27.3. The molecule has 1 atom stereocenters. The zero-order valence-corrected chi connectivity index (χ0v) is 21.3. The molecule has 10 nitrogen and oxygen atoms in total. The van der Waals surface area contributed by atoms with Crippen molar-refractivity contribution in [3.8, 4) is 5.75 Å². The molecule has 0 fully saturated rings. The standard InChI is InChI=1S/C29H28N2O8/c1-29(27(34)35,30-28(36)38-19-21-8-3-2-4-9-21)18-20-12-14-22(15-13-20)37-16-7-17-39-31-25(32)23-10-5-6-11-24(23)26(31)33/h2-6,8-15H,7,16-19H2,1H3,(H,30,36)(H,34,35)/t29-/m0/s1. The summed E-state index contributed by atoms with van der Waals surface area (Å²) in [6.45, 7) is 1.81. The van der Waals surface area contributed by atoms with Gasteiger partial charge in [0.15, 0.2) is 0 Å². The fourth-order valence-corrected chi connectivity index (χ4v) is 3.96. The zero-order chi connectivity index (χ0) is 27.8. The van der Waals surface area contributed by atoms with Crippen molar-refractivity contribution in [2.45, 2.75) is 31.9 Å². The summed E-state index contributed by atoms with van der Waals surface area (Å²) >= 11 is 0. The molecule has 202 valence electrons. The summed E-state index contributed by atoms with van der Waals surface area (Å²) in [5.74, 6) is -1.62. The van der Waals surface area contributed by atoms with Crippen molar-refractivity contribution in [2.24, 2.45) is 0 Å². The summed E-state index contributed by atoms with van der Waals surface area (Å²) in [4.78, 5) is 54.2. The highest BCUT2D eigenvalue weighted by molar-refractivity contribution is 6.20. The van der Waals surface area contributed by atoms with Crippen LogP contribution in [0.4, 0.5) is 4.79 Å². The highest BCUT2D eigenvalue weighted by atomic mass is 16.7. The lowest BCUT2D eigenvalue weighted by Gasteiger charge is -2.26. The number of nitrogens with one attached hydrogen (secondary N) is 1. The number of fused-ring (bicyclic) bond motifs is 1. The summed E-state index contributed by atoms with van der Waals surface area (Å²) in [5.41, 5.74) is 0.506. The summed E-state index contributed by atoms with van der Waals surface area (Å²) < 4.78 is 10.9. The second-order valence-electron chi connectivity index (χ2n) is 9.13. The van der Waals surface area contributed by atoms with Crippen LogP contribution in [0.5, 0.6) is 5.75 Å². The first-order valence-electron chi connectivity index (χ1n) is 12.3. The molecule has 3 amide bonds. The van der Waals surface area contributed by atoms with Gasteiger partial charge in [0, 0.05) is 12.8 Å². The number of hydroxylamine groups is 2. The van der Waals surface area contributed by atoms with E-state index in [1.807, 2.05) is 18.2 Å². The van der Waals surface area contributed by atoms with Crippen LogP contribution in [0.15, 0.2) is 78.9 Å². The van der Waals surface area contributed by atoms with Gasteiger partial charge in [-0.05, 0) is 42.3 Å². The number of rotatable bonds is 12.